The number of hydrogen-bond acceptors (Lipinski definition) is 5. The van der Waals surface area contributed by atoms with Crippen molar-refractivity contribution >= 4 is 18.0 Å². The van der Waals surface area contributed by atoms with Gasteiger partial charge in [-0.05, 0) is 41.5 Å². The number of carbonyl (C=O) groups is 3. The fourth-order valence-electron chi connectivity index (χ4n) is 5.03. The van der Waals surface area contributed by atoms with Gasteiger partial charge >= 0.3 is 12.1 Å². The predicted octanol–water partition coefficient (Wildman–Crippen LogP) is 3.25. The Morgan fingerprint density at radius 2 is 1.68 bits per heavy atom. The number of hydrogen-bond donors (Lipinski definition) is 2. The number of carboxylic acid groups (broad SMARTS) is 1. The molecule has 8 nitrogen and oxygen atoms in total. The molecule has 0 saturated carbocycles. The lowest BCUT2D eigenvalue weighted by Crippen LogP contribution is -2.56. The van der Waals surface area contributed by atoms with Crippen LogP contribution in [0.4, 0.5) is 4.79 Å². The molecule has 0 bridgehead atoms. The van der Waals surface area contributed by atoms with E-state index in [0.717, 1.165) is 22.3 Å². The number of fused-ring (bicyclic) bond motifs is 3. The third kappa shape index (κ3) is 4.37. The van der Waals surface area contributed by atoms with E-state index in [9.17, 15) is 19.5 Å². The topological polar surface area (TPSA) is 105 Å². The molecular formula is C26H30N2O6. The molecule has 2 amide bonds. The van der Waals surface area contributed by atoms with Crippen molar-refractivity contribution in [2.75, 3.05) is 20.3 Å². The van der Waals surface area contributed by atoms with Gasteiger partial charge in [0.1, 0.15) is 18.7 Å². The molecule has 180 valence electrons. The summed E-state index contributed by atoms with van der Waals surface area (Å²) in [6.07, 6.45) is -0.830. The minimum absolute atomic E-state index is 0.108. The van der Waals surface area contributed by atoms with E-state index < -0.39 is 36.2 Å². The third-order valence-corrected chi connectivity index (χ3v) is 6.96. The molecule has 2 aromatic carbocycles. The normalized spacial score (nSPS) is 20.9. The van der Waals surface area contributed by atoms with E-state index in [2.05, 4.69) is 17.4 Å². The van der Waals surface area contributed by atoms with Crippen LogP contribution in [0.3, 0.4) is 0 Å². The minimum Gasteiger partial charge on any atom is -0.480 e. The molecule has 1 heterocycles. The van der Waals surface area contributed by atoms with Crippen molar-refractivity contribution in [1.29, 1.82) is 0 Å². The number of nitrogens with one attached hydrogen (secondary N) is 1. The summed E-state index contributed by atoms with van der Waals surface area (Å²) in [6, 6.07) is 14.1. The Kier molecular flexibility index (Phi) is 6.88. The van der Waals surface area contributed by atoms with Crippen LogP contribution >= 0.6 is 0 Å². The van der Waals surface area contributed by atoms with E-state index in [0.29, 0.717) is 13.0 Å². The van der Waals surface area contributed by atoms with Crippen molar-refractivity contribution in [1.82, 2.24) is 10.2 Å². The van der Waals surface area contributed by atoms with Crippen molar-refractivity contribution in [2.45, 2.75) is 44.4 Å². The molecule has 1 fully saturated rings. The summed E-state index contributed by atoms with van der Waals surface area (Å²) < 4.78 is 10.9. The molecule has 2 unspecified atom stereocenters. The third-order valence-electron chi connectivity index (χ3n) is 6.96. The first-order chi connectivity index (χ1) is 16.3. The number of aliphatic carboxylic acids is 1. The number of amides is 2. The smallest absolute Gasteiger partial charge is 0.407 e. The average Bonchev–Trinajstić information content (AvgIpc) is 3.38. The highest BCUT2D eigenvalue weighted by atomic mass is 16.5. The van der Waals surface area contributed by atoms with Gasteiger partial charge < -0.3 is 24.8 Å². The number of carboxylic acids is 1. The Hall–Kier alpha value is -3.39. The van der Waals surface area contributed by atoms with Gasteiger partial charge in [-0.3, -0.25) is 4.79 Å². The SMILES string of the molecule is CO[C@H](C)[C@H](NC(=O)OCC1c2ccccc2-c2ccccc21)C(=O)N1CCC(C)C1C(=O)O. The summed E-state index contributed by atoms with van der Waals surface area (Å²) in [5.41, 5.74) is 4.42. The molecule has 2 N–H and O–H groups in total. The summed E-state index contributed by atoms with van der Waals surface area (Å²) in [6.45, 7) is 3.89. The quantitative estimate of drug-likeness (QED) is 0.649. The molecule has 0 spiro atoms. The highest BCUT2D eigenvalue weighted by molar-refractivity contribution is 5.90. The maximum absolute atomic E-state index is 13.2. The molecule has 1 aliphatic heterocycles. The van der Waals surface area contributed by atoms with Gasteiger partial charge in [-0.25, -0.2) is 9.59 Å². The second-order valence-electron chi connectivity index (χ2n) is 8.97. The lowest BCUT2D eigenvalue weighted by Gasteiger charge is -2.30. The Bertz CT molecular complexity index is 1040. The molecule has 0 aromatic heterocycles. The van der Waals surface area contributed by atoms with Gasteiger partial charge in [0.05, 0.1) is 6.10 Å². The van der Waals surface area contributed by atoms with Crippen molar-refractivity contribution in [2.24, 2.45) is 5.92 Å². The van der Waals surface area contributed by atoms with Gasteiger partial charge in [-0.1, -0.05) is 55.5 Å². The first kappa shape index (κ1) is 23.8. The zero-order valence-corrected chi connectivity index (χ0v) is 19.6. The summed E-state index contributed by atoms with van der Waals surface area (Å²) in [5, 5.41) is 12.2. The number of nitrogens with zero attached hydrogens (tertiary/aromatic N) is 1. The van der Waals surface area contributed by atoms with Crippen LogP contribution in [-0.4, -0.2) is 66.4 Å². The first-order valence-electron chi connectivity index (χ1n) is 11.5. The van der Waals surface area contributed by atoms with Gasteiger partial charge in [0.2, 0.25) is 5.91 Å². The monoisotopic (exact) mass is 466 g/mol. The second-order valence-corrected chi connectivity index (χ2v) is 8.97. The Morgan fingerprint density at radius 1 is 1.09 bits per heavy atom. The maximum atomic E-state index is 13.2. The van der Waals surface area contributed by atoms with Crippen LogP contribution < -0.4 is 5.32 Å². The molecule has 2 aromatic rings. The van der Waals surface area contributed by atoms with Crippen LogP contribution in [0.2, 0.25) is 0 Å². The first-order valence-corrected chi connectivity index (χ1v) is 11.5. The lowest BCUT2D eigenvalue weighted by atomic mass is 9.98. The zero-order valence-electron chi connectivity index (χ0n) is 19.6. The van der Waals surface area contributed by atoms with Crippen molar-refractivity contribution in [3.63, 3.8) is 0 Å². The van der Waals surface area contributed by atoms with Crippen LogP contribution in [0.5, 0.6) is 0 Å². The fraction of sp³-hybridized carbons (Fsp3) is 0.423. The van der Waals surface area contributed by atoms with Gasteiger partial charge in [0.15, 0.2) is 0 Å². The van der Waals surface area contributed by atoms with E-state index >= 15 is 0 Å². The number of benzene rings is 2. The summed E-state index contributed by atoms with van der Waals surface area (Å²) >= 11 is 0. The number of likely N-dealkylation sites (tertiary alicyclic amines) is 1. The molecular weight excluding hydrogens is 436 g/mol. The summed E-state index contributed by atoms with van der Waals surface area (Å²) in [5.74, 6) is -1.82. The second kappa shape index (κ2) is 9.85. The molecule has 4 atom stereocenters. The molecule has 2 aliphatic rings. The van der Waals surface area contributed by atoms with E-state index in [-0.39, 0.29) is 18.4 Å². The minimum atomic E-state index is -1.06. The van der Waals surface area contributed by atoms with Crippen LogP contribution in [0.25, 0.3) is 11.1 Å². The Morgan fingerprint density at radius 3 is 2.24 bits per heavy atom. The van der Waals surface area contributed by atoms with Crippen LogP contribution in [0.1, 0.15) is 37.3 Å². The highest BCUT2D eigenvalue weighted by Gasteiger charge is 2.43. The van der Waals surface area contributed by atoms with E-state index in [1.165, 1.54) is 12.0 Å². The van der Waals surface area contributed by atoms with Crippen LogP contribution in [0, 0.1) is 5.92 Å². The Balaban J connectivity index is 1.46. The van der Waals surface area contributed by atoms with Gasteiger partial charge in [0.25, 0.3) is 0 Å². The highest BCUT2D eigenvalue weighted by Crippen LogP contribution is 2.44. The summed E-state index contributed by atoms with van der Waals surface area (Å²) in [7, 11) is 1.44. The number of alkyl carbamates (subject to hydrolysis) is 1. The zero-order chi connectivity index (χ0) is 24.4. The Labute approximate surface area is 198 Å². The molecule has 1 saturated heterocycles. The fourth-order valence-corrected chi connectivity index (χ4v) is 5.03. The van der Waals surface area contributed by atoms with E-state index in [1.54, 1.807) is 13.8 Å². The van der Waals surface area contributed by atoms with E-state index in [4.69, 9.17) is 9.47 Å². The predicted molar refractivity (Wildman–Crippen MR) is 125 cm³/mol. The van der Waals surface area contributed by atoms with Crippen LogP contribution in [0.15, 0.2) is 48.5 Å². The molecule has 34 heavy (non-hydrogen) atoms. The van der Waals surface area contributed by atoms with Crippen LogP contribution in [-0.2, 0) is 19.1 Å². The van der Waals surface area contributed by atoms with Crippen molar-refractivity contribution in [3.05, 3.63) is 59.7 Å². The number of carbonyl (C=O) groups excluding carboxylic acids is 2. The number of rotatable bonds is 7. The lowest BCUT2D eigenvalue weighted by molar-refractivity contribution is -0.151. The molecule has 1 aliphatic carbocycles. The average molecular weight is 467 g/mol. The molecule has 8 heteroatoms. The molecule has 0 radical (unpaired) electrons. The van der Waals surface area contributed by atoms with Crippen molar-refractivity contribution < 1.29 is 29.0 Å². The van der Waals surface area contributed by atoms with E-state index in [1.807, 2.05) is 36.4 Å². The standard InChI is InChI=1S/C26H30N2O6/c1-15-12-13-28(23(15)25(30)31)24(29)22(16(2)33-3)27-26(32)34-14-21-19-10-6-4-8-17(19)18-9-5-7-11-20(18)21/h4-11,15-16,21-23H,12-14H2,1-3H3,(H,27,32)(H,30,31)/t15?,16-,22+,23?/m1/s1. The van der Waals surface area contributed by atoms with Crippen molar-refractivity contribution in [3.8, 4) is 11.1 Å². The number of methoxy groups -OCH3 is 1. The number of ether oxygens (including phenoxy) is 2. The van der Waals surface area contributed by atoms with Gasteiger partial charge in [-0.2, -0.15) is 0 Å². The largest absolute Gasteiger partial charge is 0.480 e. The van der Waals surface area contributed by atoms with Gasteiger partial charge in [-0.15, -0.1) is 0 Å². The molecule has 4 rings (SSSR count). The van der Waals surface area contributed by atoms with Gasteiger partial charge in [0, 0.05) is 19.6 Å². The maximum Gasteiger partial charge on any atom is 0.407 e. The summed E-state index contributed by atoms with van der Waals surface area (Å²) in [4.78, 5) is 39.1.